The molecule has 0 fully saturated rings. The maximum atomic E-state index is 12.5. The number of carbonyl (C=O) groups is 1. The highest BCUT2D eigenvalue weighted by molar-refractivity contribution is 7.90. The Hall–Kier alpha value is -2.18. The lowest BCUT2D eigenvalue weighted by molar-refractivity contribution is 0.103. The first-order valence-electron chi connectivity index (χ1n) is 6.55. The number of aryl methyl sites for hydroxylation is 1. The average molecular weight is 331 g/mol. The van der Waals surface area contributed by atoms with Gasteiger partial charge in [0.25, 0.3) is 10.0 Å². The summed E-state index contributed by atoms with van der Waals surface area (Å²) in [5.74, 6) is -0.181. The van der Waals surface area contributed by atoms with Crippen molar-refractivity contribution in [2.24, 2.45) is 0 Å². The molecule has 112 valence electrons. The van der Waals surface area contributed by atoms with Gasteiger partial charge in [0.05, 0.1) is 4.90 Å². The van der Waals surface area contributed by atoms with E-state index in [1.54, 1.807) is 35.7 Å². The Kier molecular flexibility index (Phi) is 3.72. The summed E-state index contributed by atoms with van der Waals surface area (Å²) >= 11 is 1.43. The Bertz CT molecular complexity index is 905. The summed E-state index contributed by atoms with van der Waals surface area (Å²) in [5.41, 5.74) is 1.91. The quantitative estimate of drug-likeness (QED) is 0.689. The van der Waals surface area contributed by atoms with Crippen molar-refractivity contribution >= 4 is 27.1 Å². The molecule has 4 nitrogen and oxygen atoms in total. The number of thiophene rings is 1. The molecule has 0 spiro atoms. The van der Waals surface area contributed by atoms with E-state index in [1.165, 1.54) is 29.8 Å². The van der Waals surface area contributed by atoms with E-state index in [1.807, 2.05) is 12.3 Å². The second-order valence-electron chi connectivity index (χ2n) is 4.89. The largest absolute Gasteiger partial charge is 0.289 e. The van der Waals surface area contributed by atoms with E-state index in [-0.39, 0.29) is 10.7 Å². The molecule has 3 aromatic rings. The Balaban J connectivity index is 1.96. The second-order valence-corrected chi connectivity index (χ2v) is 7.51. The van der Waals surface area contributed by atoms with Crippen molar-refractivity contribution in [3.8, 4) is 0 Å². The average Bonchev–Trinajstić information content (AvgIpc) is 3.19. The van der Waals surface area contributed by atoms with Crippen LogP contribution in [-0.2, 0) is 10.0 Å². The Morgan fingerprint density at radius 1 is 1.05 bits per heavy atom. The van der Waals surface area contributed by atoms with Gasteiger partial charge in [-0.15, -0.1) is 0 Å². The summed E-state index contributed by atoms with van der Waals surface area (Å²) in [5, 5.41) is 3.56. The lowest BCUT2D eigenvalue weighted by atomic mass is 10.1. The Morgan fingerprint density at radius 3 is 2.41 bits per heavy atom. The van der Waals surface area contributed by atoms with Crippen LogP contribution < -0.4 is 0 Å². The molecule has 1 aromatic carbocycles. The number of ketones is 1. The molecule has 0 N–H and O–H groups in total. The fraction of sp³-hybridized carbons (Fsp3) is 0.0625. The highest BCUT2D eigenvalue weighted by atomic mass is 32.2. The van der Waals surface area contributed by atoms with E-state index in [2.05, 4.69) is 0 Å². The molecule has 0 amide bonds. The summed E-state index contributed by atoms with van der Waals surface area (Å²) in [6.45, 7) is 1.89. The fourth-order valence-electron chi connectivity index (χ4n) is 2.05. The van der Waals surface area contributed by atoms with Crippen molar-refractivity contribution in [2.75, 3.05) is 0 Å². The first-order chi connectivity index (χ1) is 10.5. The van der Waals surface area contributed by atoms with Gasteiger partial charge in [0.1, 0.15) is 0 Å². The molecule has 0 bridgehead atoms. The zero-order chi connectivity index (χ0) is 15.7. The molecule has 0 saturated carbocycles. The van der Waals surface area contributed by atoms with Crippen LogP contribution in [0.15, 0.2) is 64.4 Å². The van der Waals surface area contributed by atoms with Gasteiger partial charge in [-0.05, 0) is 36.6 Å². The van der Waals surface area contributed by atoms with Crippen LogP contribution in [-0.4, -0.2) is 18.2 Å². The van der Waals surface area contributed by atoms with Crippen molar-refractivity contribution in [1.29, 1.82) is 0 Å². The third-order valence-corrected chi connectivity index (χ3v) is 5.64. The summed E-state index contributed by atoms with van der Waals surface area (Å²) in [6.07, 6.45) is 2.75. The standard InChI is InChI=1S/C16H13NO3S2/c1-12-2-4-15(5-3-12)22(19,20)17-8-6-13(10-17)16(18)14-7-9-21-11-14/h2-11H,1H3. The molecule has 0 atom stereocenters. The highest BCUT2D eigenvalue weighted by Gasteiger charge is 2.19. The molecule has 0 radical (unpaired) electrons. The van der Waals surface area contributed by atoms with Crippen LogP contribution >= 0.6 is 11.3 Å². The van der Waals surface area contributed by atoms with Gasteiger partial charge in [-0.25, -0.2) is 12.4 Å². The normalized spacial score (nSPS) is 11.5. The van der Waals surface area contributed by atoms with E-state index in [9.17, 15) is 13.2 Å². The lowest BCUT2D eigenvalue weighted by Crippen LogP contribution is -2.11. The van der Waals surface area contributed by atoms with Crippen LogP contribution in [0.1, 0.15) is 21.5 Å². The zero-order valence-corrected chi connectivity index (χ0v) is 13.4. The third kappa shape index (κ3) is 2.63. The van der Waals surface area contributed by atoms with Gasteiger partial charge in [-0.1, -0.05) is 17.7 Å². The van der Waals surface area contributed by atoms with Crippen molar-refractivity contribution in [2.45, 2.75) is 11.8 Å². The number of rotatable bonds is 4. The molecule has 0 unspecified atom stereocenters. The van der Waals surface area contributed by atoms with Crippen LogP contribution in [0, 0.1) is 6.92 Å². The molecular formula is C16H13NO3S2. The van der Waals surface area contributed by atoms with E-state index in [0.717, 1.165) is 9.54 Å². The second kappa shape index (κ2) is 5.55. The smallest absolute Gasteiger partial charge is 0.267 e. The van der Waals surface area contributed by atoms with Crippen molar-refractivity contribution in [3.05, 3.63) is 76.2 Å². The van der Waals surface area contributed by atoms with Crippen molar-refractivity contribution in [3.63, 3.8) is 0 Å². The number of benzene rings is 1. The van der Waals surface area contributed by atoms with Gasteiger partial charge in [0, 0.05) is 28.9 Å². The van der Waals surface area contributed by atoms with Crippen LogP contribution in [0.25, 0.3) is 0 Å². The van der Waals surface area contributed by atoms with Gasteiger partial charge in [0.2, 0.25) is 0 Å². The van der Waals surface area contributed by atoms with Gasteiger partial charge in [-0.3, -0.25) is 4.79 Å². The van der Waals surface area contributed by atoms with Gasteiger partial charge in [-0.2, -0.15) is 11.3 Å². The zero-order valence-electron chi connectivity index (χ0n) is 11.8. The molecule has 2 heterocycles. The van der Waals surface area contributed by atoms with Crippen molar-refractivity contribution < 1.29 is 13.2 Å². The summed E-state index contributed by atoms with van der Waals surface area (Å²) < 4.78 is 26.1. The minimum absolute atomic E-state index is 0.181. The van der Waals surface area contributed by atoms with Crippen LogP contribution in [0.3, 0.4) is 0 Å². The number of hydrogen-bond acceptors (Lipinski definition) is 4. The summed E-state index contributed by atoms with van der Waals surface area (Å²) in [7, 11) is -3.67. The fourth-order valence-corrected chi connectivity index (χ4v) is 3.89. The first-order valence-corrected chi connectivity index (χ1v) is 8.94. The number of nitrogens with zero attached hydrogens (tertiary/aromatic N) is 1. The first kappa shape index (κ1) is 14.7. The SMILES string of the molecule is Cc1ccc(S(=O)(=O)n2ccc(C(=O)c3ccsc3)c2)cc1. The third-order valence-electron chi connectivity index (χ3n) is 3.31. The molecule has 6 heteroatoms. The van der Waals surface area contributed by atoms with E-state index in [0.29, 0.717) is 11.1 Å². The number of aromatic nitrogens is 1. The Morgan fingerprint density at radius 2 is 1.77 bits per heavy atom. The molecule has 0 saturated heterocycles. The molecule has 0 aliphatic rings. The maximum Gasteiger partial charge on any atom is 0.267 e. The van der Waals surface area contributed by atoms with E-state index < -0.39 is 10.0 Å². The molecule has 2 aromatic heterocycles. The highest BCUT2D eigenvalue weighted by Crippen LogP contribution is 2.18. The van der Waals surface area contributed by atoms with Crippen LogP contribution in [0.2, 0.25) is 0 Å². The van der Waals surface area contributed by atoms with Crippen molar-refractivity contribution in [1.82, 2.24) is 3.97 Å². The summed E-state index contributed by atoms with van der Waals surface area (Å²) in [4.78, 5) is 12.4. The van der Waals surface area contributed by atoms with Gasteiger partial charge in [0.15, 0.2) is 5.78 Å². The number of carbonyl (C=O) groups excluding carboxylic acids is 1. The minimum Gasteiger partial charge on any atom is -0.289 e. The minimum atomic E-state index is -3.67. The number of hydrogen-bond donors (Lipinski definition) is 0. The predicted octanol–water partition coefficient (Wildman–Crippen LogP) is 3.33. The summed E-state index contributed by atoms with van der Waals surface area (Å²) in [6, 6.07) is 9.85. The molecular weight excluding hydrogens is 318 g/mol. The monoisotopic (exact) mass is 331 g/mol. The van der Waals surface area contributed by atoms with E-state index in [4.69, 9.17) is 0 Å². The van der Waals surface area contributed by atoms with Gasteiger partial charge < -0.3 is 0 Å². The lowest BCUT2D eigenvalue weighted by Gasteiger charge is -2.05. The molecule has 3 rings (SSSR count). The topological polar surface area (TPSA) is 56.1 Å². The molecule has 22 heavy (non-hydrogen) atoms. The molecule has 0 aliphatic carbocycles. The van der Waals surface area contributed by atoms with Gasteiger partial charge >= 0.3 is 0 Å². The maximum absolute atomic E-state index is 12.5. The van der Waals surface area contributed by atoms with E-state index >= 15 is 0 Å². The molecule has 0 aliphatic heterocycles. The van der Waals surface area contributed by atoms with Crippen LogP contribution in [0.4, 0.5) is 0 Å². The van der Waals surface area contributed by atoms with Crippen LogP contribution in [0.5, 0.6) is 0 Å². The predicted molar refractivity (Wildman–Crippen MR) is 85.9 cm³/mol. The Labute approximate surface area is 132 Å².